The lowest BCUT2D eigenvalue weighted by Crippen LogP contribution is -2.34. The SMILES string of the molecule is CON(C)C(=O)C1CCCC(=O)C1. The highest BCUT2D eigenvalue weighted by atomic mass is 16.7. The second-order valence-corrected chi connectivity index (χ2v) is 3.35. The Hall–Kier alpha value is -0.900. The molecule has 0 aliphatic heterocycles. The summed E-state index contributed by atoms with van der Waals surface area (Å²) in [5.41, 5.74) is 0. The van der Waals surface area contributed by atoms with Crippen LogP contribution in [0.4, 0.5) is 0 Å². The molecule has 1 unspecified atom stereocenters. The molecule has 1 saturated carbocycles. The first kappa shape index (κ1) is 10.2. The minimum absolute atomic E-state index is 0.0875. The van der Waals surface area contributed by atoms with Gasteiger partial charge in [0, 0.05) is 25.8 Å². The van der Waals surface area contributed by atoms with E-state index in [2.05, 4.69) is 0 Å². The summed E-state index contributed by atoms with van der Waals surface area (Å²) in [5, 5.41) is 1.20. The summed E-state index contributed by atoms with van der Waals surface area (Å²) < 4.78 is 0. The molecule has 0 spiro atoms. The van der Waals surface area contributed by atoms with Gasteiger partial charge in [-0.25, -0.2) is 5.06 Å². The zero-order valence-corrected chi connectivity index (χ0v) is 8.08. The average Bonchev–Trinajstić information content (AvgIpc) is 2.15. The third kappa shape index (κ3) is 2.52. The van der Waals surface area contributed by atoms with Gasteiger partial charge in [0.1, 0.15) is 5.78 Å². The van der Waals surface area contributed by atoms with Crippen LogP contribution in [0.15, 0.2) is 0 Å². The molecule has 4 heteroatoms. The Bertz CT molecular complexity index is 215. The van der Waals surface area contributed by atoms with Crippen LogP contribution in [-0.4, -0.2) is 30.9 Å². The van der Waals surface area contributed by atoms with E-state index in [4.69, 9.17) is 4.84 Å². The van der Waals surface area contributed by atoms with Crippen LogP contribution in [0, 0.1) is 5.92 Å². The molecule has 0 aromatic carbocycles. The molecule has 1 fully saturated rings. The molecule has 1 rings (SSSR count). The molecule has 1 aliphatic carbocycles. The normalized spacial score (nSPS) is 22.9. The Balaban J connectivity index is 2.50. The highest BCUT2D eigenvalue weighted by Crippen LogP contribution is 2.22. The van der Waals surface area contributed by atoms with Crippen molar-refractivity contribution in [3.8, 4) is 0 Å². The Morgan fingerprint density at radius 2 is 2.31 bits per heavy atom. The second kappa shape index (κ2) is 4.37. The molecule has 0 aromatic rings. The number of carbonyl (C=O) groups is 2. The maximum atomic E-state index is 11.5. The smallest absolute Gasteiger partial charge is 0.249 e. The van der Waals surface area contributed by atoms with Crippen molar-refractivity contribution in [3.05, 3.63) is 0 Å². The average molecular weight is 185 g/mol. The fourth-order valence-corrected chi connectivity index (χ4v) is 1.58. The number of carbonyl (C=O) groups excluding carboxylic acids is 2. The maximum absolute atomic E-state index is 11.5. The third-order valence-corrected chi connectivity index (χ3v) is 2.42. The van der Waals surface area contributed by atoms with Crippen LogP contribution in [0.1, 0.15) is 25.7 Å². The number of ketones is 1. The van der Waals surface area contributed by atoms with Crippen molar-refractivity contribution in [2.75, 3.05) is 14.2 Å². The van der Waals surface area contributed by atoms with E-state index in [1.54, 1.807) is 7.05 Å². The second-order valence-electron chi connectivity index (χ2n) is 3.35. The van der Waals surface area contributed by atoms with E-state index < -0.39 is 0 Å². The topological polar surface area (TPSA) is 46.6 Å². The van der Waals surface area contributed by atoms with E-state index in [0.717, 1.165) is 12.8 Å². The molecule has 1 aliphatic rings. The summed E-state index contributed by atoms with van der Waals surface area (Å²) >= 11 is 0. The van der Waals surface area contributed by atoms with Gasteiger partial charge in [0.15, 0.2) is 0 Å². The van der Waals surface area contributed by atoms with E-state index in [1.165, 1.54) is 12.2 Å². The predicted octanol–water partition coefficient (Wildman–Crippen LogP) is 0.765. The fraction of sp³-hybridized carbons (Fsp3) is 0.778. The molecular weight excluding hydrogens is 170 g/mol. The zero-order valence-electron chi connectivity index (χ0n) is 8.08. The van der Waals surface area contributed by atoms with Gasteiger partial charge in [-0.1, -0.05) is 0 Å². The van der Waals surface area contributed by atoms with Crippen molar-refractivity contribution in [1.29, 1.82) is 0 Å². The van der Waals surface area contributed by atoms with Crippen LogP contribution >= 0.6 is 0 Å². The van der Waals surface area contributed by atoms with Gasteiger partial charge >= 0.3 is 0 Å². The molecule has 1 amide bonds. The number of amides is 1. The van der Waals surface area contributed by atoms with Crippen molar-refractivity contribution in [3.63, 3.8) is 0 Å². The summed E-state index contributed by atoms with van der Waals surface area (Å²) in [6.07, 6.45) is 2.64. The summed E-state index contributed by atoms with van der Waals surface area (Å²) in [5.74, 6) is -0.0594. The van der Waals surface area contributed by atoms with Crippen molar-refractivity contribution in [1.82, 2.24) is 5.06 Å². The lowest BCUT2D eigenvalue weighted by atomic mass is 9.88. The molecule has 0 heterocycles. The van der Waals surface area contributed by atoms with Crippen LogP contribution in [0.3, 0.4) is 0 Å². The highest BCUT2D eigenvalue weighted by Gasteiger charge is 2.27. The minimum Gasteiger partial charge on any atom is -0.300 e. The summed E-state index contributed by atoms with van der Waals surface area (Å²) in [6, 6.07) is 0. The Kier molecular flexibility index (Phi) is 3.42. The van der Waals surface area contributed by atoms with Gasteiger partial charge in [-0.3, -0.25) is 14.4 Å². The highest BCUT2D eigenvalue weighted by molar-refractivity contribution is 5.87. The molecule has 1 atom stereocenters. The number of hydroxylamine groups is 2. The van der Waals surface area contributed by atoms with Crippen LogP contribution in [0.5, 0.6) is 0 Å². The largest absolute Gasteiger partial charge is 0.300 e. The number of hydrogen-bond acceptors (Lipinski definition) is 3. The zero-order chi connectivity index (χ0) is 9.84. The summed E-state index contributed by atoms with van der Waals surface area (Å²) in [6.45, 7) is 0. The molecule has 13 heavy (non-hydrogen) atoms. The molecule has 4 nitrogen and oxygen atoms in total. The summed E-state index contributed by atoms with van der Waals surface area (Å²) in [7, 11) is 3.02. The van der Waals surface area contributed by atoms with Gasteiger partial charge in [-0.2, -0.15) is 0 Å². The third-order valence-electron chi connectivity index (χ3n) is 2.42. The number of hydrogen-bond donors (Lipinski definition) is 0. The van der Waals surface area contributed by atoms with Crippen molar-refractivity contribution < 1.29 is 14.4 Å². The van der Waals surface area contributed by atoms with Crippen molar-refractivity contribution in [2.24, 2.45) is 5.92 Å². The molecule has 0 N–H and O–H groups in total. The summed E-state index contributed by atoms with van der Waals surface area (Å²) in [4.78, 5) is 27.4. The lowest BCUT2D eigenvalue weighted by molar-refractivity contribution is -0.174. The van der Waals surface area contributed by atoms with Gasteiger partial charge in [0.25, 0.3) is 0 Å². The van der Waals surface area contributed by atoms with Crippen LogP contribution in [0.2, 0.25) is 0 Å². The quantitative estimate of drug-likeness (QED) is 0.597. The van der Waals surface area contributed by atoms with Crippen LogP contribution < -0.4 is 0 Å². The van der Waals surface area contributed by atoms with Gasteiger partial charge in [0.05, 0.1) is 7.11 Å². The molecule has 0 aromatic heterocycles. The van der Waals surface area contributed by atoms with Crippen LogP contribution in [-0.2, 0) is 14.4 Å². The molecule has 0 radical (unpaired) electrons. The molecular formula is C9H15NO3. The first-order valence-corrected chi connectivity index (χ1v) is 4.48. The van der Waals surface area contributed by atoms with E-state index in [-0.39, 0.29) is 17.6 Å². The maximum Gasteiger partial charge on any atom is 0.249 e. The van der Waals surface area contributed by atoms with Gasteiger partial charge < -0.3 is 0 Å². The first-order valence-electron chi connectivity index (χ1n) is 4.48. The molecule has 74 valence electrons. The van der Waals surface area contributed by atoms with Crippen LogP contribution in [0.25, 0.3) is 0 Å². The van der Waals surface area contributed by atoms with E-state index >= 15 is 0 Å². The Labute approximate surface area is 77.8 Å². The Morgan fingerprint density at radius 3 is 2.85 bits per heavy atom. The number of Topliss-reactive ketones (excluding diaryl/α,β-unsaturated/α-hetero) is 1. The van der Waals surface area contributed by atoms with E-state index in [0.29, 0.717) is 12.8 Å². The van der Waals surface area contributed by atoms with Gasteiger partial charge in [0.2, 0.25) is 5.91 Å². The minimum atomic E-state index is -0.161. The number of nitrogens with zero attached hydrogens (tertiary/aromatic N) is 1. The van der Waals surface area contributed by atoms with Gasteiger partial charge in [-0.05, 0) is 12.8 Å². The lowest BCUT2D eigenvalue weighted by Gasteiger charge is -2.23. The van der Waals surface area contributed by atoms with Crippen molar-refractivity contribution in [2.45, 2.75) is 25.7 Å². The number of rotatable bonds is 2. The van der Waals surface area contributed by atoms with Crippen molar-refractivity contribution >= 4 is 11.7 Å². The first-order chi connectivity index (χ1) is 6.15. The van der Waals surface area contributed by atoms with Gasteiger partial charge in [-0.15, -0.1) is 0 Å². The Morgan fingerprint density at radius 1 is 1.62 bits per heavy atom. The fourth-order valence-electron chi connectivity index (χ4n) is 1.58. The van der Waals surface area contributed by atoms with E-state index in [1.807, 2.05) is 0 Å². The predicted molar refractivity (Wildman–Crippen MR) is 46.7 cm³/mol. The molecule has 0 saturated heterocycles. The molecule has 0 bridgehead atoms. The monoisotopic (exact) mass is 185 g/mol. The van der Waals surface area contributed by atoms with E-state index in [9.17, 15) is 9.59 Å². The standard InChI is InChI=1S/C9H15NO3/c1-10(13-2)9(12)7-4-3-5-8(11)6-7/h7H,3-6H2,1-2H3.